The van der Waals surface area contributed by atoms with Gasteiger partial charge in [0.2, 0.25) is 5.95 Å². The molecule has 2 heterocycles. The van der Waals surface area contributed by atoms with E-state index in [-0.39, 0.29) is 0 Å². The zero-order valence-electron chi connectivity index (χ0n) is 9.94. The smallest absolute Gasteiger partial charge is 0.222 e. The van der Waals surface area contributed by atoms with Crippen LogP contribution in [0.15, 0.2) is 24.5 Å². The highest BCUT2D eigenvalue weighted by Gasteiger charge is 2.01. The fraction of sp³-hybridized carbons (Fsp3) is 0.250. The number of anilines is 2. The average Bonchev–Trinajstić information content (AvgIpc) is 2.27. The largest absolute Gasteiger partial charge is 0.368 e. The van der Waals surface area contributed by atoms with Gasteiger partial charge >= 0.3 is 0 Å². The number of nitrogens with zero attached hydrogens (tertiary/aromatic N) is 3. The van der Waals surface area contributed by atoms with Crippen molar-refractivity contribution in [1.29, 1.82) is 0 Å². The molecule has 17 heavy (non-hydrogen) atoms. The molecule has 0 amide bonds. The Morgan fingerprint density at radius 3 is 2.82 bits per heavy atom. The summed E-state index contributed by atoms with van der Waals surface area (Å²) in [5, 5.41) is 3.22. The molecule has 5 nitrogen and oxygen atoms in total. The van der Waals surface area contributed by atoms with Crippen LogP contribution in [0.5, 0.6) is 0 Å². The first kappa shape index (κ1) is 11.3. The van der Waals surface area contributed by atoms with Crippen molar-refractivity contribution in [1.82, 2.24) is 15.0 Å². The third-order valence-corrected chi connectivity index (χ3v) is 2.47. The van der Waals surface area contributed by atoms with E-state index in [0.29, 0.717) is 12.5 Å². The lowest BCUT2D eigenvalue weighted by molar-refractivity contribution is 1.04. The van der Waals surface area contributed by atoms with Crippen LogP contribution in [0.1, 0.15) is 16.8 Å². The highest BCUT2D eigenvalue weighted by molar-refractivity contribution is 5.41. The first-order valence-electron chi connectivity index (χ1n) is 5.39. The van der Waals surface area contributed by atoms with Crippen molar-refractivity contribution in [3.8, 4) is 0 Å². The van der Waals surface area contributed by atoms with E-state index in [1.807, 2.05) is 32.2 Å². The number of hydrogen-bond donors (Lipinski definition) is 2. The zero-order valence-corrected chi connectivity index (χ0v) is 9.94. The van der Waals surface area contributed by atoms with Gasteiger partial charge in [0.15, 0.2) is 0 Å². The zero-order chi connectivity index (χ0) is 12.3. The summed E-state index contributed by atoms with van der Waals surface area (Å²) in [5.41, 5.74) is 8.78. The quantitative estimate of drug-likeness (QED) is 0.837. The fourth-order valence-electron chi connectivity index (χ4n) is 1.57. The maximum Gasteiger partial charge on any atom is 0.222 e. The summed E-state index contributed by atoms with van der Waals surface area (Å²) in [6.07, 6.45) is 3.63. The van der Waals surface area contributed by atoms with Gasteiger partial charge in [0, 0.05) is 30.7 Å². The molecule has 0 aliphatic heterocycles. The Kier molecular flexibility index (Phi) is 3.18. The minimum Gasteiger partial charge on any atom is -0.368 e. The number of hydrogen-bond acceptors (Lipinski definition) is 5. The van der Waals surface area contributed by atoms with E-state index in [9.17, 15) is 0 Å². The van der Waals surface area contributed by atoms with Crippen LogP contribution in [0.25, 0.3) is 0 Å². The van der Waals surface area contributed by atoms with Crippen molar-refractivity contribution in [3.63, 3.8) is 0 Å². The standard InChI is InChI=1S/C12H15N5/c1-8-6-14-4-3-10(8)7-15-11-5-9(2)16-12(13)17-11/h3-6H,7H2,1-2H3,(H3,13,15,16,17). The minimum atomic E-state index is 0.291. The molecule has 2 rings (SSSR count). The number of nitrogens with one attached hydrogen (secondary N) is 1. The number of aromatic nitrogens is 3. The molecule has 0 aromatic carbocycles. The minimum absolute atomic E-state index is 0.291. The van der Waals surface area contributed by atoms with Crippen LogP contribution in [0.4, 0.5) is 11.8 Å². The van der Waals surface area contributed by atoms with Crippen LogP contribution >= 0.6 is 0 Å². The number of pyridine rings is 1. The molecule has 0 atom stereocenters. The van der Waals surface area contributed by atoms with E-state index in [2.05, 4.69) is 20.3 Å². The van der Waals surface area contributed by atoms with Crippen LogP contribution in [0.2, 0.25) is 0 Å². The second-order valence-electron chi connectivity index (χ2n) is 3.91. The summed E-state index contributed by atoms with van der Waals surface area (Å²) in [6, 6.07) is 3.85. The fourth-order valence-corrected chi connectivity index (χ4v) is 1.57. The van der Waals surface area contributed by atoms with Crippen LogP contribution in [0.3, 0.4) is 0 Å². The normalized spacial score (nSPS) is 10.2. The summed E-state index contributed by atoms with van der Waals surface area (Å²) in [7, 11) is 0. The van der Waals surface area contributed by atoms with Gasteiger partial charge in [-0.25, -0.2) is 4.98 Å². The van der Waals surface area contributed by atoms with Gasteiger partial charge in [-0.3, -0.25) is 4.98 Å². The van der Waals surface area contributed by atoms with Gasteiger partial charge in [-0.2, -0.15) is 4.98 Å². The molecule has 0 saturated carbocycles. The molecule has 5 heteroatoms. The van der Waals surface area contributed by atoms with Gasteiger partial charge in [0.05, 0.1) is 0 Å². The van der Waals surface area contributed by atoms with Crippen LogP contribution < -0.4 is 11.1 Å². The molecule has 2 aromatic heterocycles. The SMILES string of the molecule is Cc1cc(NCc2ccncc2C)nc(N)n1. The third kappa shape index (κ3) is 2.90. The molecule has 0 spiro atoms. The topological polar surface area (TPSA) is 76.7 Å². The lowest BCUT2D eigenvalue weighted by atomic mass is 10.1. The van der Waals surface area contributed by atoms with Gasteiger partial charge in [0.1, 0.15) is 5.82 Å². The van der Waals surface area contributed by atoms with Gasteiger partial charge in [-0.15, -0.1) is 0 Å². The Bertz CT molecular complexity index is 504. The summed E-state index contributed by atoms with van der Waals surface area (Å²) >= 11 is 0. The maximum absolute atomic E-state index is 5.59. The van der Waals surface area contributed by atoms with Crippen LogP contribution in [0, 0.1) is 13.8 Å². The van der Waals surface area contributed by atoms with Crippen molar-refractivity contribution < 1.29 is 0 Å². The Labute approximate surface area is 100 Å². The van der Waals surface area contributed by atoms with Crippen molar-refractivity contribution >= 4 is 11.8 Å². The van der Waals surface area contributed by atoms with Gasteiger partial charge in [-0.05, 0) is 31.0 Å². The second kappa shape index (κ2) is 4.78. The number of rotatable bonds is 3. The van der Waals surface area contributed by atoms with E-state index in [0.717, 1.165) is 17.1 Å². The molecule has 88 valence electrons. The van der Waals surface area contributed by atoms with Crippen LogP contribution in [-0.2, 0) is 6.54 Å². The molecule has 0 radical (unpaired) electrons. The highest BCUT2D eigenvalue weighted by Crippen LogP contribution is 2.11. The Morgan fingerprint density at radius 1 is 1.29 bits per heavy atom. The first-order valence-corrected chi connectivity index (χ1v) is 5.39. The molecule has 0 aliphatic carbocycles. The Balaban J connectivity index is 2.10. The predicted molar refractivity (Wildman–Crippen MR) is 67.5 cm³/mol. The lowest BCUT2D eigenvalue weighted by Gasteiger charge is -2.08. The average molecular weight is 229 g/mol. The summed E-state index contributed by atoms with van der Waals surface area (Å²) in [4.78, 5) is 12.2. The molecule has 3 N–H and O–H groups in total. The van der Waals surface area contributed by atoms with E-state index in [1.54, 1.807) is 6.20 Å². The lowest BCUT2D eigenvalue weighted by Crippen LogP contribution is -2.06. The molecule has 0 saturated heterocycles. The number of nitrogen functional groups attached to an aromatic ring is 1. The van der Waals surface area contributed by atoms with E-state index in [4.69, 9.17) is 5.73 Å². The van der Waals surface area contributed by atoms with E-state index >= 15 is 0 Å². The molecule has 0 unspecified atom stereocenters. The van der Waals surface area contributed by atoms with Gasteiger partial charge in [0.25, 0.3) is 0 Å². The third-order valence-electron chi connectivity index (χ3n) is 2.47. The predicted octanol–water partition coefficient (Wildman–Crippen LogP) is 1.68. The molecular formula is C12H15N5. The summed E-state index contributed by atoms with van der Waals surface area (Å²) < 4.78 is 0. The molecule has 0 aliphatic rings. The maximum atomic E-state index is 5.59. The monoisotopic (exact) mass is 229 g/mol. The van der Waals surface area contributed by atoms with Gasteiger partial charge < -0.3 is 11.1 Å². The number of nitrogens with two attached hydrogens (primary N) is 1. The molecule has 2 aromatic rings. The van der Waals surface area contributed by atoms with E-state index in [1.165, 1.54) is 5.56 Å². The second-order valence-corrected chi connectivity index (χ2v) is 3.91. The van der Waals surface area contributed by atoms with Gasteiger partial charge in [-0.1, -0.05) is 0 Å². The van der Waals surface area contributed by atoms with E-state index < -0.39 is 0 Å². The molecule has 0 bridgehead atoms. The molecular weight excluding hydrogens is 214 g/mol. The van der Waals surface area contributed by atoms with Crippen LogP contribution in [-0.4, -0.2) is 15.0 Å². The summed E-state index contributed by atoms with van der Waals surface area (Å²) in [6.45, 7) is 4.62. The van der Waals surface area contributed by atoms with Crippen molar-refractivity contribution in [3.05, 3.63) is 41.3 Å². The molecule has 0 fully saturated rings. The number of aryl methyl sites for hydroxylation is 2. The van der Waals surface area contributed by atoms with Crippen molar-refractivity contribution in [2.45, 2.75) is 20.4 Å². The Hall–Kier alpha value is -2.17. The Morgan fingerprint density at radius 2 is 2.12 bits per heavy atom. The van der Waals surface area contributed by atoms with Crippen molar-refractivity contribution in [2.24, 2.45) is 0 Å². The first-order chi connectivity index (χ1) is 8.15. The highest BCUT2D eigenvalue weighted by atomic mass is 15.1. The van der Waals surface area contributed by atoms with Crippen molar-refractivity contribution in [2.75, 3.05) is 11.1 Å². The summed E-state index contributed by atoms with van der Waals surface area (Å²) in [5.74, 6) is 1.03.